The topological polar surface area (TPSA) is 41.6 Å². The van der Waals surface area contributed by atoms with Gasteiger partial charge in [0.1, 0.15) is 5.75 Å². The average Bonchev–Trinajstić information content (AvgIpc) is 3.05. The number of hydrogen-bond donors (Lipinski definition) is 1. The highest BCUT2D eigenvalue weighted by atomic mass is 35.5. The predicted molar refractivity (Wildman–Crippen MR) is 132 cm³/mol. The summed E-state index contributed by atoms with van der Waals surface area (Å²) >= 11 is 6.46. The maximum absolute atomic E-state index is 12.9. The number of halogens is 4. The van der Waals surface area contributed by atoms with E-state index in [0.29, 0.717) is 24.4 Å². The molecule has 2 aliphatic rings. The van der Waals surface area contributed by atoms with Gasteiger partial charge in [-0.15, -0.1) is 0 Å². The molecule has 2 aromatic carbocycles. The molecule has 1 N–H and O–H groups in total. The summed E-state index contributed by atoms with van der Waals surface area (Å²) in [6.07, 6.45) is 2.08. The van der Waals surface area contributed by atoms with Gasteiger partial charge in [0.25, 0.3) is 0 Å². The molecule has 8 heteroatoms. The minimum absolute atomic E-state index is 0.00528. The number of benzene rings is 2. The van der Waals surface area contributed by atoms with Crippen LogP contribution in [0.3, 0.4) is 0 Å². The van der Waals surface area contributed by atoms with Crippen molar-refractivity contribution in [3.63, 3.8) is 0 Å². The number of nitrogens with one attached hydrogen (secondary N) is 1. The zero-order chi connectivity index (χ0) is 25.1. The van der Waals surface area contributed by atoms with E-state index in [1.807, 2.05) is 30.3 Å². The summed E-state index contributed by atoms with van der Waals surface area (Å²) in [5, 5.41) is 3.88. The Bertz CT molecular complexity index is 1030. The van der Waals surface area contributed by atoms with Crippen LogP contribution in [0, 0.1) is 5.41 Å². The van der Waals surface area contributed by atoms with Gasteiger partial charge < -0.3 is 15.0 Å². The van der Waals surface area contributed by atoms with Crippen LogP contribution in [0.4, 0.5) is 18.9 Å². The second-order valence-electron chi connectivity index (χ2n) is 10.0. The van der Waals surface area contributed by atoms with Gasteiger partial charge in [-0.3, -0.25) is 4.79 Å². The van der Waals surface area contributed by atoms with E-state index >= 15 is 0 Å². The lowest BCUT2D eigenvalue weighted by atomic mass is 9.76. The van der Waals surface area contributed by atoms with Crippen LogP contribution in [0.5, 0.6) is 5.75 Å². The number of ether oxygens (including phenoxy) is 1. The highest BCUT2D eigenvalue weighted by Gasteiger charge is 2.42. The van der Waals surface area contributed by atoms with Crippen molar-refractivity contribution in [1.29, 1.82) is 0 Å². The van der Waals surface area contributed by atoms with Crippen molar-refractivity contribution in [3.05, 3.63) is 58.1 Å². The molecule has 0 unspecified atom stereocenters. The molecule has 190 valence electrons. The molecule has 1 saturated carbocycles. The van der Waals surface area contributed by atoms with Crippen LogP contribution < -0.4 is 10.1 Å². The number of alkyl halides is 3. The number of nitrogens with zero attached hydrogens (tertiary/aromatic N) is 1. The Labute approximate surface area is 209 Å². The van der Waals surface area contributed by atoms with E-state index in [2.05, 4.69) is 12.2 Å². The second-order valence-corrected chi connectivity index (χ2v) is 10.4. The molecule has 0 atom stereocenters. The van der Waals surface area contributed by atoms with E-state index in [4.69, 9.17) is 16.3 Å². The van der Waals surface area contributed by atoms with Gasteiger partial charge in [-0.1, -0.05) is 56.0 Å². The minimum atomic E-state index is -4.86. The number of hydrogen-bond acceptors (Lipinski definition) is 3. The monoisotopic (exact) mass is 508 g/mol. The summed E-state index contributed by atoms with van der Waals surface area (Å²) in [6.45, 7) is 3.58. The first-order chi connectivity index (χ1) is 16.6. The molecule has 0 bridgehead atoms. The molecule has 0 aromatic heterocycles. The Hall–Kier alpha value is -2.41. The van der Waals surface area contributed by atoms with E-state index in [1.165, 1.54) is 32.1 Å². The van der Waals surface area contributed by atoms with Gasteiger partial charge in [0.2, 0.25) is 0 Å². The summed E-state index contributed by atoms with van der Waals surface area (Å²) in [6, 6.07) is 11.5. The maximum Gasteiger partial charge on any atom is 0.471 e. The number of rotatable bonds is 6. The third-order valence-electron chi connectivity index (χ3n) is 7.21. The van der Waals surface area contributed by atoms with Gasteiger partial charge in [0.05, 0.1) is 17.3 Å². The lowest BCUT2D eigenvalue weighted by molar-refractivity contribution is -0.185. The summed E-state index contributed by atoms with van der Waals surface area (Å²) in [7, 11) is 0. The van der Waals surface area contributed by atoms with E-state index in [-0.39, 0.29) is 18.5 Å². The minimum Gasteiger partial charge on any atom is -0.493 e. The number of carbonyl (C=O) groups excluding carboxylic acids is 1. The van der Waals surface area contributed by atoms with Crippen molar-refractivity contribution in [2.45, 2.75) is 64.6 Å². The Morgan fingerprint density at radius 2 is 1.74 bits per heavy atom. The zero-order valence-electron chi connectivity index (χ0n) is 20.0. The molecule has 0 saturated heterocycles. The zero-order valence-corrected chi connectivity index (χ0v) is 20.8. The van der Waals surface area contributed by atoms with Gasteiger partial charge in [-0.25, -0.2) is 0 Å². The number of anilines is 1. The third-order valence-corrected chi connectivity index (χ3v) is 7.53. The van der Waals surface area contributed by atoms with E-state index in [9.17, 15) is 18.0 Å². The van der Waals surface area contributed by atoms with Gasteiger partial charge >= 0.3 is 12.1 Å². The molecule has 35 heavy (non-hydrogen) atoms. The Morgan fingerprint density at radius 3 is 2.43 bits per heavy atom. The van der Waals surface area contributed by atoms with Crippen LogP contribution >= 0.6 is 11.6 Å². The molecule has 4 rings (SSSR count). The number of carbonyl (C=O) groups is 1. The molecular formula is C27H32ClF3N2O2. The summed E-state index contributed by atoms with van der Waals surface area (Å²) < 4.78 is 44.8. The van der Waals surface area contributed by atoms with Gasteiger partial charge in [0.15, 0.2) is 0 Å². The molecular weight excluding hydrogens is 477 g/mol. The molecule has 1 aliphatic heterocycles. The van der Waals surface area contributed by atoms with Crippen molar-refractivity contribution in [2.75, 3.05) is 25.0 Å². The summed E-state index contributed by atoms with van der Waals surface area (Å²) in [5.74, 6) is -0.938. The highest BCUT2D eigenvalue weighted by molar-refractivity contribution is 6.33. The van der Waals surface area contributed by atoms with Crippen molar-refractivity contribution >= 4 is 23.2 Å². The van der Waals surface area contributed by atoms with E-state index < -0.39 is 12.1 Å². The number of amides is 1. The first kappa shape index (κ1) is 25.7. The van der Waals surface area contributed by atoms with Gasteiger partial charge in [0, 0.05) is 25.0 Å². The largest absolute Gasteiger partial charge is 0.493 e. The van der Waals surface area contributed by atoms with Crippen LogP contribution in [0.2, 0.25) is 5.02 Å². The lowest BCUT2D eigenvalue weighted by Gasteiger charge is -2.33. The molecule has 2 aromatic rings. The maximum atomic E-state index is 12.9. The number of fused-ring (bicyclic) bond motifs is 1. The second kappa shape index (κ2) is 10.7. The average molecular weight is 509 g/mol. The fourth-order valence-electron chi connectivity index (χ4n) is 5.07. The molecule has 1 fully saturated rings. The smallest absolute Gasteiger partial charge is 0.471 e. The van der Waals surface area contributed by atoms with E-state index in [1.54, 1.807) is 6.07 Å². The first-order valence-corrected chi connectivity index (χ1v) is 12.6. The van der Waals surface area contributed by atoms with E-state index in [0.717, 1.165) is 39.6 Å². The first-order valence-electron chi connectivity index (χ1n) is 12.3. The van der Waals surface area contributed by atoms with Crippen molar-refractivity contribution in [1.82, 2.24) is 4.90 Å². The van der Waals surface area contributed by atoms with Gasteiger partial charge in [-0.2, -0.15) is 13.2 Å². The predicted octanol–water partition coefficient (Wildman–Crippen LogP) is 6.79. The highest BCUT2D eigenvalue weighted by Crippen LogP contribution is 2.36. The Balaban J connectivity index is 1.38. The van der Waals surface area contributed by atoms with Crippen LogP contribution in [-0.4, -0.2) is 36.7 Å². The fraction of sp³-hybridized carbons (Fsp3) is 0.519. The van der Waals surface area contributed by atoms with Crippen molar-refractivity contribution in [2.24, 2.45) is 5.41 Å². The van der Waals surface area contributed by atoms with Crippen LogP contribution in [0.15, 0.2) is 36.4 Å². The Kier molecular flexibility index (Phi) is 7.84. The lowest BCUT2D eigenvalue weighted by Crippen LogP contribution is -2.42. The SMILES string of the molecule is CC1(COc2ccc(CNc3c(Cl)ccc4c3CCN(C(=O)C(F)(F)F)CC4)cc2)CCCCC1. The molecule has 0 spiro atoms. The van der Waals surface area contributed by atoms with Gasteiger partial charge in [-0.05, 0) is 60.6 Å². The third kappa shape index (κ3) is 6.43. The van der Waals surface area contributed by atoms with Crippen LogP contribution in [0.25, 0.3) is 0 Å². The fourth-order valence-corrected chi connectivity index (χ4v) is 5.31. The normalized spacial score (nSPS) is 17.9. The molecule has 1 amide bonds. The van der Waals surface area contributed by atoms with Crippen LogP contribution in [0.1, 0.15) is 55.7 Å². The summed E-state index contributed by atoms with van der Waals surface area (Å²) in [4.78, 5) is 12.6. The van der Waals surface area contributed by atoms with Crippen LogP contribution in [-0.2, 0) is 24.2 Å². The Morgan fingerprint density at radius 1 is 1.06 bits per heavy atom. The molecule has 1 heterocycles. The summed E-state index contributed by atoms with van der Waals surface area (Å²) in [5.41, 5.74) is 3.79. The molecule has 4 nitrogen and oxygen atoms in total. The molecule has 0 radical (unpaired) electrons. The van der Waals surface area contributed by atoms with Crippen molar-refractivity contribution < 1.29 is 22.7 Å². The quantitative estimate of drug-likeness (QED) is 0.467. The van der Waals surface area contributed by atoms with Crippen molar-refractivity contribution in [3.8, 4) is 5.75 Å². The standard InChI is InChI=1S/C27H32ClF3N2O2/c1-26(13-3-2-4-14-26)18-35-21-8-5-19(6-9-21)17-32-24-22-12-16-33(25(34)27(29,30)31)15-11-20(22)7-10-23(24)28/h5-10,32H,2-4,11-18H2,1H3. The molecule has 1 aliphatic carbocycles.